The van der Waals surface area contributed by atoms with Crippen molar-refractivity contribution in [1.29, 1.82) is 0 Å². The Bertz CT molecular complexity index is 390. The molecule has 0 atom stereocenters. The average molecular weight is 293 g/mol. The standard InChI is InChI=1S/C18H31NO2/c1-7-11-19(9-3)12-10-13-21-17(8-2)14-18(15(4)5)16(6)20/h8,14H,2,7,9-13H2,1,3-6H3/b17-14+. The second-order valence-electron chi connectivity index (χ2n) is 5.36. The van der Waals surface area contributed by atoms with Gasteiger partial charge >= 0.3 is 0 Å². The molecule has 0 N–H and O–H groups in total. The zero-order valence-electron chi connectivity index (χ0n) is 14.4. The lowest BCUT2D eigenvalue weighted by atomic mass is 10.1. The highest BCUT2D eigenvalue weighted by Gasteiger charge is 2.05. The minimum atomic E-state index is 0.0538. The first-order valence-electron chi connectivity index (χ1n) is 7.83. The second-order valence-corrected chi connectivity index (χ2v) is 5.36. The summed E-state index contributed by atoms with van der Waals surface area (Å²) < 4.78 is 5.73. The van der Waals surface area contributed by atoms with Crippen LogP contribution < -0.4 is 0 Å². The van der Waals surface area contributed by atoms with E-state index in [4.69, 9.17) is 4.74 Å². The fourth-order valence-corrected chi connectivity index (χ4v) is 2.12. The van der Waals surface area contributed by atoms with Gasteiger partial charge in [-0.05, 0) is 58.9 Å². The molecule has 0 aliphatic carbocycles. The molecule has 0 saturated heterocycles. The van der Waals surface area contributed by atoms with Gasteiger partial charge in [0.2, 0.25) is 0 Å². The lowest BCUT2D eigenvalue weighted by molar-refractivity contribution is -0.113. The quantitative estimate of drug-likeness (QED) is 0.248. The van der Waals surface area contributed by atoms with E-state index < -0.39 is 0 Å². The molecule has 0 saturated carbocycles. The first-order chi connectivity index (χ1) is 9.96. The summed E-state index contributed by atoms with van der Waals surface area (Å²) in [5, 5.41) is 0. The van der Waals surface area contributed by atoms with E-state index in [-0.39, 0.29) is 5.78 Å². The van der Waals surface area contributed by atoms with Crippen LogP contribution in [0.4, 0.5) is 0 Å². The topological polar surface area (TPSA) is 29.5 Å². The molecule has 21 heavy (non-hydrogen) atoms. The number of ketones is 1. The molecule has 0 bridgehead atoms. The molecule has 3 nitrogen and oxygen atoms in total. The van der Waals surface area contributed by atoms with Gasteiger partial charge in [-0.3, -0.25) is 4.79 Å². The maximum atomic E-state index is 11.6. The summed E-state index contributed by atoms with van der Waals surface area (Å²) in [6, 6.07) is 0. The zero-order valence-corrected chi connectivity index (χ0v) is 14.4. The van der Waals surface area contributed by atoms with Crippen molar-refractivity contribution in [3.8, 4) is 0 Å². The largest absolute Gasteiger partial charge is 0.494 e. The van der Waals surface area contributed by atoms with E-state index in [1.54, 1.807) is 19.1 Å². The number of ether oxygens (including phenoxy) is 1. The van der Waals surface area contributed by atoms with E-state index in [0.717, 1.165) is 31.6 Å². The highest BCUT2D eigenvalue weighted by Crippen LogP contribution is 2.12. The van der Waals surface area contributed by atoms with Crippen molar-refractivity contribution >= 4 is 5.78 Å². The third-order valence-corrected chi connectivity index (χ3v) is 3.28. The number of carbonyl (C=O) groups excluding carboxylic acids is 1. The Hall–Kier alpha value is -1.35. The Balaban J connectivity index is 4.43. The molecule has 0 aliphatic rings. The lowest BCUT2D eigenvalue weighted by Crippen LogP contribution is -2.26. The van der Waals surface area contributed by atoms with Crippen molar-refractivity contribution in [3.63, 3.8) is 0 Å². The van der Waals surface area contributed by atoms with Gasteiger partial charge in [-0.15, -0.1) is 0 Å². The summed E-state index contributed by atoms with van der Waals surface area (Å²) in [5.41, 5.74) is 1.69. The number of hydrogen-bond acceptors (Lipinski definition) is 3. The first kappa shape index (κ1) is 19.7. The number of nitrogens with zero attached hydrogens (tertiary/aromatic N) is 1. The van der Waals surface area contributed by atoms with Crippen molar-refractivity contribution in [2.45, 2.75) is 47.5 Å². The number of carbonyl (C=O) groups is 1. The lowest BCUT2D eigenvalue weighted by Gasteiger charge is -2.19. The Morgan fingerprint density at radius 3 is 2.29 bits per heavy atom. The fraction of sp³-hybridized carbons (Fsp3) is 0.611. The van der Waals surface area contributed by atoms with Gasteiger partial charge in [0, 0.05) is 12.1 Å². The van der Waals surface area contributed by atoms with Crippen LogP contribution in [0, 0.1) is 0 Å². The summed E-state index contributed by atoms with van der Waals surface area (Å²) in [6.45, 7) is 17.4. The number of allylic oxidation sites excluding steroid dienone is 4. The molecule has 0 unspecified atom stereocenters. The van der Waals surface area contributed by atoms with Crippen molar-refractivity contribution in [3.05, 3.63) is 35.6 Å². The molecule has 120 valence electrons. The van der Waals surface area contributed by atoms with Crippen LogP contribution in [-0.4, -0.2) is 36.9 Å². The Labute approximate surface area is 130 Å². The smallest absolute Gasteiger partial charge is 0.159 e. The molecule has 0 heterocycles. The number of hydrogen-bond donors (Lipinski definition) is 0. The molecule has 0 aliphatic heterocycles. The Morgan fingerprint density at radius 2 is 1.86 bits per heavy atom. The van der Waals surface area contributed by atoms with Gasteiger partial charge in [-0.25, -0.2) is 0 Å². The third kappa shape index (κ3) is 8.51. The minimum absolute atomic E-state index is 0.0538. The van der Waals surface area contributed by atoms with Crippen LogP contribution in [0.3, 0.4) is 0 Å². The van der Waals surface area contributed by atoms with E-state index in [9.17, 15) is 4.79 Å². The Morgan fingerprint density at radius 1 is 1.19 bits per heavy atom. The molecule has 0 amide bonds. The van der Waals surface area contributed by atoms with Crippen LogP contribution >= 0.6 is 0 Å². The molecule has 0 fully saturated rings. The summed E-state index contributed by atoms with van der Waals surface area (Å²) in [6.07, 6.45) is 5.60. The number of Topliss-reactive ketones (excluding diaryl/α,β-unsaturated/α-hetero) is 1. The van der Waals surface area contributed by atoms with Crippen molar-refractivity contribution < 1.29 is 9.53 Å². The van der Waals surface area contributed by atoms with E-state index in [1.165, 1.54) is 6.42 Å². The molecule has 0 aromatic heterocycles. The van der Waals surface area contributed by atoms with Crippen LogP contribution in [0.25, 0.3) is 0 Å². The van der Waals surface area contributed by atoms with E-state index in [1.807, 2.05) is 13.8 Å². The van der Waals surface area contributed by atoms with Crippen LogP contribution in [0.5, 0.6) is 0 Å². The van der Waals surface area contributed by atoms with Crippen LogP contribution in [0.15, 0.2) is 35.6 Å². The summed E-state index contributed by atoms with van der Waals surface area (Å²) in [4.78, 5) is 14.0. The van der Waals surface area contributed by atoms with Gasteiger partial charge in [0.15, 0.2) is 5.78 Å². The van der Waals surface area contributed by atoms with Crippen molar-refractivity contribution in [1.82, 2.24) is 4.90 Å². The normalized spacial score (nSPS) is 11.4. The highest BCUT2D eigenvalue weighted by molar-refractivity contribution is 5.96. The van der Waals surface area contributed by atoms with Gasteiger partial charge in [-0.2, -0.15) is 0 Å². The molecule has 0 radical (unpaired) electrons. The molecule has 0 aromatic rings. The highest BCUT2D eigenvalue weighted by atomic mass is 16.5. The van der Waals surface area contributed by atoms with Crippen LogP contribution in [0.2, 0.25) is 0 Å². The molecule has 0 spiro atoms. The van der Waals surface area contributed by atoms with Crippen molar-refractivity contribution in [2.24, 2.45) is 0 Å². The monoisotopic (exact) mass is 293 g/mol. The third-order valence-electron chi connectivity index (χ3n) is 3.28. The average Bonchev–Trinajstić information content (AvgIpc) is 2.44. The van der Waals surface area contributed by atoms with Crippen LogP contribution in [-0.2, 0) is 9.53 Å². The molecule has 0 rings (SSSR count). The van der Waals surface area contributed by atoms with Gasteiger partial charge in [0.1, 0.15) is 5.76 Å². The summed E-state index contributed by atoms with van der Waals surface area (Å²) in [7, 11) is 0. The zero-order chi connectivity index (χ0) is 16.3. The predicted octanol–water partition coefficient (Wildman–Crippen LogP) is 4.12. The van der Waals surface area contributed by atoms with E-state index in [0.29, 0.717) is 17.9 Å². The predicted molar refractivity (Wildman–Crippen MR) is 90.3 cm³/mol. The maximum Gasteiger partial charge on any atom is 0.159 e. The van der Waals surface area contributed by atoms with Gasteiger partial charge < -0.3 is 9.64 Å². The second kappa shape index (κ2) is 11.3. The molecular weight excluding hydrogens is 262 g/mol. The van der Waals surface area contributed by atoms with E-state index in [2.05, 4.69) is 25.3 Å². The van der Waals surface area contributed by atoms with Gasteiger partial charge in [0.25, 0.3) is 0 Å². The summed E-state index contributed by atoms with van der Waals surface area (Å²) >= 11 is 0. The molecule has 3 heteroatoms. The number of rotatable bonds is 11. The summed E-state index contributed by atoms with van der Waals surface area (Å²) in [5.74, 6) is 0.720. The van der Waals surface area contributed by atoms with E-state index >= 15 is 0 Å². The first-order valence-corrected chi connectivity index (χ1v) is 7.83. The SMILES string of the molecule is C=C/C(=C\C(C(C)=O)=C(C)C)OCCCN(CC)CCC. The van der Waals surface area contributed by atoms with Gasteiger partial charge in [0.05, 0.1) is 6.61 Å². The van der Waals surface area contributed by atoms with Crippen molar-refractivity contribution in [2.75, 3.05) is 26.2 Å². The molecular formula is C18H31NO2. The van der Waals surface area contributed by atoms with Crippen LogP contribution in [0.1, 0.15) is 47.5 Å². The minimum Gasteiger partial charge on any atom is -0.494 e. The molecule has 0 aromatic carbocycles. The Kier molecular flexibility index (Phi) is 10.6. The van der Waals surface area contributed by atoms with Gasteiger partial charge in [-0.1, -0.05) is 26.0 Å². The maximum absolute atomic E-state index is 11.6. The fourth-order valence-electron chi connectivity index (χ4n) is 2.12.